The molecule has 1 fully saturated rings. The molecule has 0 radical (unpaired) electrons. The number of amides is 2. The zero-order valence-corrected chi connectivity index (χ0v) is 14.0. The molecular formula is C15H20N4O3S. The van der Waals surface area contributed by atoms with Crippen LogP contribution in [0.5, 0.6) is 0 Å². The van der Waals surface area contributed by atoms with Crippen LogP contribution in [-0.2, 0) is 4.74 Å². The topological polar surface area (TPSA) is 80.5 Å². The number of nitrogens with one attached hydrogen (secondary N) is 1. The van der Waals surface area contributed by atoms with Crippen molar-refractivity contribution >= 4 is 17.4 Å². The maximum atomic E-state index is 12.5. The van der Waals surface area contributed by atoms with Gasteiger partial charge in [-0.2, -0.15) is 4.98 Å². The zero-order chi connectivity index (χ0) is 16.2. The minimum Gasteiger partial charge on any atom is -0.369 e. The first-order chi connectivity index (χ1) is 11.2. The standard InChI is InChI=1S/C15H20N4O3S/c1-3-11(14-16-10(2)22-18-14)17-15(20)19-6-7-21-12(9-19)13-5-4-8-23-13/h4-5,8,11-12H,3,6-7,9H2,1-2H3,(H,17,20). The molecule has 2 unspecified atom stereocenters. The van der Waals surface area contributed by atoms with E-state index in [4.69, 9.17) is 9.26 Å². The van der Waals surface area contributed by atoms with Crippen molar-refractivity contribution in [1.29, 1.82) is 0 Å². The second kappa shape index (κ2) is 7.10. The molecular weight excluding hydrogens is 316 g/mol. The number of aromatic nitrogens is 2. The number of carbonyl (C=O) groups is 1. The number of ether oxygens (including phenoxy) is 1. The molecule has 8 heteroatoms. The van der Waals surface area contributed by atoms with E-state index in [9.17, 15) is 4.79 Å². The van der Waals surface area contributed by atoms with Crippen molar-refractivity contribution in [3.63, 3.8) is 0 Å². The molecule has 2 atom stereocenters. The highest BCUT2D eigenvalue weighted by atomic mass is 32.1. The molecule has 1 aliphatic rings. The van der Waals surface area contributed by atoms with Gasteiger partial charge >= 0.3 is 6.03 Å². The molecule has 1 N–H and O–H groups in total. The summed E-state index contributed by atoms with van der Waals surface area (Å²) in [5.74, 6) is 1.01. The number of thiophene rings is 1. The maximum absolute atomic E-state index is 12.5. The quantitative estimate of drug-likeness (QED) is 0.928. The Labute approximate surface area is 138 Å². The van der Waals surface area contributed by atoms with Gasteiger partial charge in [0.2, 0.25) is 5.89 Å². The fourth-order valence-electron chi connectivity index (χ4n) is 2.53. The fraction of sp³-hybridized carbons (Fsp3) is 0.533. The van der Waals surface area contributed by atoms with Gasteiger partial charge in [-0.05, 0) is 17.9 Å². The van der Waals surface area contributed by atoms with Crippen molar-refractivity contribution in [1.82, 2.24) is 20.4 Å². The Balaban J connectivity index is 1.62. The van der Waals surface area contributed by atoms with Gasteiger partial charge in [0.15, 0.2) is 5.82 Å². The molecule has 1 aliphatic heterocycles. The van der Waals surface area contributed by atoms with Gasteiger partial charge in [-0.1, -0.05) is 18.1 Å². The third-order valence-corrected chi connectivity index (χ3v) is 4.74. The lowest BCUT2D eigenvalue weighted by Crippen LogP contribution is -2.48. The number of hydrogen-bond donors (Lipinski definition) is 1. The molecule has 124 valence electrons. The summed E-state index contributed by atoms with van der Waals surface area (Å²) in [5.41, 5.74) is 0. The number of carbonyl (C=O) groups excluding carboxylic acids is 1. The van der Waals surface area contributed by atoms with Gasteiger partial charge in [0.25, 0.3) is 0 Å². The van der Waals surface area contributed by atoms with Crippen molar-refractivity contribution in [2.24, 2.45) is 0 Å². The molecule has 7 nitrogen and oxygen atoms in total. The molecule has 23 heavy (non-hydrogen) atoms. The first-order valence-electron chi connectivity index (χ1n) is 7.68. The summed E-state index contributed by atoms with van der Waals surface area (Å²) >= 11 is 1.65. The lowest BCUT2D eigenvalue weighted by molar-refractivity contribution is -0.0139. The summed E-state index contributed by atoms with van der Waals surface area (Å²) in [6, 6.07) is 3.66. The molecule has 2 aromatic heterocycles. The third kappa shape index (κ3) is 3.70. The Hall–Kier alpha value is -1.93. The molecule has 3 heterocycles. The highest BCUT2D eigenvalue weighted by Crippen LogP contribution is 2.26. The Kier molecular flexibility index (Phi) is 4.92. The lowest BCUT2D eigenvalue weighted by atomic mass is 10.2. The number of aryl methyl sites for hydroxylation is 1. The van der Waals surface area contributed by atoms with Crippen LogP contribution >= 0.6 is 11.3 Å². The van der Waals surface area contributed by atoms with E-state index in [1.54, 1.807) is 23.2 Å². The van der Waals surface area contributed by atoms with Gasteiger partial charge in [0.1, 0.15) is 6.10 Å². The van der Waals surface area contributed by atoms with Crippen LogP contribution in [0.4, 0.5) is 4.79 Å². The van der Waals surface area contributed by atoms with E-state index in [1.165, 1.54) is 0 Å². The fourth-order valence-corrected chi connectivity index (χ4v) is 3.29. The Morgan fingerprint density at radius 1 is 1.61 bits per heavy atom. The average Bonchev–Trinajstić information content (AvgIpc) is 3.24. The van der Waals surface area contributed by atoms with Gasteiger partial charge < -0.3 is 19.5 Å². The predicted octanol–water partition coefficient (Wildman–Crippen LogP) is 2.67. The summed E-state index contributed by atoms with van der Waals surface area (Å²) in [4.78, 5) is 19.7. The first kappa shape index (κ1) is 15.9. The van der Waals surface area contributed by atoms with Crippen LogP contribution in [0.25, 0.3) is 0 Å². The summed E-state index contributed by atoms with van der Waals surface area (Å²) in [5, 5.41) is 8.90. The monoisotopic (exact) mass is 336 g/mol. The predicted molar refractivity (Wildman–Crippen MR) is 85.2 cm³/mol. The van der Waals surface area contributed by atoms with E-state index in [0.29, 0.717) is 37.8 Å². The SMILES string of the molecule is CCC(NC(=O)N1CCOC(c2cccs2)C1)c1noc(C)n1. The molecule has 0 bridgehead atoms. The van der Waals surface area contributed by atoms with Crippen LogP contribution in [0.2, 0.25) is 0 Å². The first-order valence-corrected chi connectivity index (χ1v) is 8.56. The van der Waals surface area contributed by atoms with E-state index in [2.05, 4.69) is 15.5 Å². The molecule has 2 amide bonds. The molecule has 1 saturated heterocycles. The molecule has 3 rings (SSSR count). The van der Waals surface area contributed by atoms with Gasteiger partial charge in [0, 0.05) is 18.3 Å². The smallest absolute Gasteiger partial charge is 0.318 e. The second-order valence-corrected chi connectivity index (χ2v) is 6.38. The van der Waals surface area contributed by atoms with Crippen LogP contribution in [0.1, 0.15) is 42.1 Å². The number of nitrogens with zero attached hydrogens (tertiary/aromatic N) is 3. The van der Waals surface area contributed by atoms with Crippen molar-refractivity contribution < 1.29 is 14.1 Å². The number of morpholine rings is 1. The van der Waals surface area contributed by atoms with E-state index in [1.807, 2.05) is 24.4 Å². The molecule has 0 aliphatic carbocycles. The minimum atomic E-state index is -0.247. The Morgan fingerprint density at radius 3 is 3.13 bits per heavy atom. The second-order valence-electron chi connectivity index (χ2n) is 5.40. The van der Waals surface area contributed by atoms with Crippen LogP contribution < -0.4 is 5.32 Å². The lowest BCUT2D eigenvalue weighted by Gasteiger charge is -2.33. The largest absolute Gasteiger partial charge is 0.369 e. The summed E-state index contributed by atoms with van der Waals surface area (Å²) in [6.07, 6.45) is 0.644. The van der Waals surface area contributed by atoms with Crippen LogP contribution in [-0.4, -0.2) is 40.8 Å². The highest BCUT2D eigenvalue weighted by Gasteiger charge is 2.28. The van der Waals surface area contributed by atoms with Crippen molar-refractivity contribution in [3.05, 3.63) is 34.1 Å². The molecule has 2 aromatic rings. The number of hydrogen-bond acceptors (Lipinski definition) is 6. The van der Waals surface area contributed by atoms with Gasteiger partial charge in [-0.25, -0.2) is 4.79 Å². The normalized spacial score (nSPS) is 19.6. The van der Waals surface area contributed by atoms with Crippen molar-refractivity contribution in [2.75, 3.05) is 19.7 Å². The minimum absolute atomic E-state index is 0.0537. The van der Waals surface area contributed by atoms with Gasteiger partial charge in [-0.15, -0.1) is 11.3 Å². The summed E-state index contributed by atoms with van der Waals surface area (Å²) < 4.78 is 10.8. The van der Waals surface area contributed by atoms with Crippen LogP contribution in [0, 0.1) is 6.92 Å². The van der Waals surface area contributed by atoms with E-state index >= 15 is 0 Å². The van der Waals surface area contributed by atoms with E-state index < -0.39 is 0 Å². The summed E-state index contributed by atoms with van der Waals surface area (Å²) in [7, 11) is 0. The van der Waals surface area contributed by atoms with E-state index in [-0.39, 0.29) is 18.2 Å². The van der Waals surface area contributed by atoms with Crippen molar-refractivity contribution in [2.45, 2.75) is 32.4 Å². The highest BCUT2D eigenvalue weighted by molar-refractivity contribution is 7.10. The van der Waals surface area contributed by atoms with Crippen LogP contribution in [0.15, 0.2) is 22.0 Å². The van der Waals surface area contributed by atoms with Gasteiger partial charge in [-0.3, -0.25) is 0 Å². The molecule has 0 spiro atoms. The third-order valence-electron chi connectivity index (χ3n) is 3.78. The van der Waals surface area contributed by atoms with Gasteiger partial charge in [0.05, 0.1) is 19.2 Å². The van der Waals surface area contributed by atoms with Crippen molar-refractivity contribution in [3.8, 4) is 0 Å². The Morgan fingerprint density at radius 2 is 2.48 bits per heavy atom. The zero-order valence-electron chi connectivity index (χ0n) is 13.2. The maximum Gasteiger partial charge on any atom is 0.318 e. The Bertz CT molecular complexity index is 643. The average molecular weight is 336 g/mol. The molecule has 0 aromatic carbocycles. The van der Waals surface area contributed by atoms with Crippen LogP contribution in [0.3, 0.4) is 0 Å². The van der Waals surface area contributed by atoms with E-state index in [0.717, 1.165) is 4.88 Å². The molecule has 0 saturated carbocycles. The number of rotatable bonds is 4. The number of urea groups is 1. The summed E-state index contributed by atoms with van der Waals surface area (Å²) in [6.45, 7) is 5.38.